The van der Waals surface area contributed by atoms with Gasteiger partial charge in [0.1, 0.15) is 17.4 Å². The predicted octanol–water partition coefficient (Wildman–Crippen LogP) is 2.97. The van der Waals surface area contributed by atoms with Gasteiger partial charge in [-0.15, -0.1) is 0 Å². The highest BCUT2D eigenvalue weighted by Crippen LogP contribution is 2.34. The van der Waals surface area contributed by atoms with E-state index in [2.05, 4.69) is 14.9 Å². The lowest BCUT2D eigenvalue weighted by Gasteiger charge is -2.34. The molecule has 0 amide bonds. The van der Waals surface area contributed by atoms with E-state index in [9.17, 15) is 5.11 Å². The van der Waals surface area contributed by atoms with E-state index >= 15 is 0 Å². The second-order valence-electron chi connectivity index (χ2n) is 6.06. The average molecular weight is 297 g/mol. The molecule has 22 heavy (non-hydrogen) atoms. The highest BCUT2D eigenvalue weighted by atomic mass is 16.3. The van der Waals surface area contributed by atoms with Crippen LogP contribution in [0.4, 0.5) is 5.82 Å². The lowest BCUT2D eigenvalue weighted by Crippen LogP contribution is -2.40. The number of rotatable bonds is 2. The molecule has 5 nitrogen and oxygen atoms in total. The van der Waals surface area contributed by atoms with Gasteiger partial charge in [0.15, 0.2) is 11.4 Å². The van der Waals surface area contributed by atoms with Crippen molar-refractivity contribution < 1.29 is 9.52 Å². The van der Waals surface area contributed by atoms with E-state index in [1.807, 2.05) is 31.2 Å². The standard InChI is InChI=1S/C17H19N3O2/c1-11(21)12-5-4-8-20(9-12)17-16-15(18-10-19-17)13-6-2-3-7-14(13)22-16/h2-3,6-7,10-12,21H,4-5,8-9H2,1H3. The number of fused-ring (bicyclic) bond motifs is 3. The van der Waals surface area contributed by atoms with Crippen molar-refractivity contribution in [2.24, 2.45) is 5.92 Å². The van der Waals surface area contributed by atoms with Gasteiger partial charge in [-0.25, -0.2) is 9.97 Å². The maximum atomic E-state index is 9.89. The molecule has 4 rings (SSSR count). The third-order valence-electron chi connectivity index (χ3n) is 4.58. The van der Waals surface area contributed by atoms with Gasteiger partial charge in [0.05, 0.1) is 6.10 Å². The zero-order valence-electron chi connectivity index (χ0n) is 12.6. The van der Waals surface area contributed by atoms with Crippen molar-refractivity contribution in [2.45, 2.75) is 25.9 Å². The largest absolute Gasteiger partial charge is 0.450 e. The molecule has 3 aromatic rings. The van der Waals surface area contributed by atoms with E-state index in [4.69, 9.17) is 4.42 Å². The lowest BCUT2D eigenvalue weighted by molar-refractivity contribution is 0.115. The van der Waals surface area contributed by atoms with Crippen LogP contribution < -0.4 is 4.90 Å². The first kappa shape index (κ1) is 13.5. The Labute approximate surface area is 128 Å². The molecule has 0 radical (unpaired) electrons. The Hall–Kier alpha value is -2.14. The molecule has 1 aliphatic heterocycles. The minimum absolute atomic E-state index is 0.281. The van der Waals surface area contributed by atoms with E-state index in [0.717, 1.165) is 53.8 Å². The number of aromatic nitrogens is 2. The van der Waals surface area contributed by atoms with Gasteiger partial charge in [0.25, 0.3) is 0 Å². The normalized spacial score (nSPS) is 20.6. The number of hydrogen-bond donors (Lipinski definition) is 1. The summed E-state index contributed by atoms with van der Waals surface area (Å²) in [6, 6.07) is 7.92. The van der Waals surface area contributed by atoms with E-state index in [1.165, 1.54) is 0 Å². The van der Waals surface area contributed by atoms with Gasteiger partial charge in [-0.2, -0.15) is 0 Å². The summed E-state index contributed by atoms with van der Waals surface area (Å²) in [5.41, 5.74) is 2.44. The summed E-state index contributed by atoms with van der Waals surface area (Å²) < 4.78 is 6.00. The molecular formula is C17H19N3O2. The van der Waals surface area contributed by atoms with E-state index in [-0.39, 0.29) is 12.0 Å². The summed E-state index contributed by atoms with van der Waals surface area (Å²) >= 11 is 0. The van der Waals surface area contributed by atoms with Crippen molar-refractivity contribution in [3.63, 3.8) is 0 Å². The monoisotopic (exact) mass is 297 g/mol. The van der Waals surface area contributed by atoms with Crippen molar-refractivity contribution in [3.8, 4) is 0 Å². The third-order valence-corrected chi connectivity index (χ3v) is 4.58. The zero-order chi connectivity index (χ0) is 15.1. The number of furan rings is 1. The predicted molar refractivity (Wildman–Crippen MR) is 85.9 cm³/mol. The Morgan fingerprint density at radius 2 is 2.18 bits per heavy atom. The molecule has 1 aromatic carbocycles. The number of benzene rings is 1. The minimum Gasteiger partial charge on any atom is -0.450 e. The summed E-state index contributed by atoms with van der Waals surface area (Å²) in [5, 5.41) is 10.9. The number of para-hydroxylation sites is 1. The van der Waals surface area contributed by atoms with Crippen molar-refractivity contribution in [3.05, 3.63) is 30.6 Å². The fourth-order valence-corrected chi connectivity index (χ4v) is 3.33. The molecule has 114 valence electrons. The van der Waals surface area contributed by atoms with Crippen LogP contribution >= 0.6 is 0 Å². The zero-order valence-corrected chi connectivity index (χ0v) is 12.6. The Kier molecular flexibility index (Phi) is 3.22. The second kappa shape index (κ2) is 5.25. The number of piperidine rings is 1. The summed E-state index contributed by atoms with van der Waals surface area (Å²) in [4.78, 5) is 11.1. The van der Waals surface area contributed by atoms with Crippen molar-refractivity contribution >= 4 is 27.9 Å². The molecule has 3 heterocycles. The van der Waals surface area contributed by atoms with Crippen molar-refractivity contribution in [2.75, 3.05) is 18.0 Å². The first-order valence-electron chi connectivity index (χ1n) is 7.79. The smallest absolute Gasteiger partial charge is 0.196 e. The molecule has 2 aromatic heterocycles. The average Bonchev–Trinajstić information content (AvgIpc) is 2.93. The molecule has 0 spiro atoms. The molecule has 0 saturated carbocycles. The van der Waals surface area contributed by atoms with Crippen molar-refractivity contribution in [1.82, 2.24) is 9.97 Å². The Bertz CT molecular complexity index is 812. The second-order valence-corrected chi connectivity index (χ2v) is 6.06. The number of hydrogen-bond acceptors (Lipinski definition) is 5. The van der Waals surface area contributed by atoms with Crippen LogP contribution in [0.5, 0.6) is 0 Å². The fraction of sp³-hybridized carbons (Fsp3) is 0.412. The molecule has 2 unspecified atom stereocenters. The summed E-state index contributed by atoms with van der Waals surface area (Å²) in [7, 11) is 0. The van der Waals surface area contributed by atoms with Gasteiger partial charge >= 0.3 is 0 Å². The SMILES string of the molecule is CC(O)C1CCCN(c2ncnc3c2oc2ccccc23)C1. The van der Waals surface area contributed by atoms with Crippen LogP contribution in [0.3, 0.4) is 0 Å². The van der Waals surface area contributed by atoms with Crippen LogP contribution in [0, 0.1) is 5.92 Å². The number of aliphatic hydroxyl groups excluding tert-OH is 1. The maximum Gasteiger partial charge on any atom is 0.196 e. The topological polar surface area (TPSA) is 62.4 Å². The third kappa shape index (κ3) is 2.13. The van der Waals surface area contributed by atoms with E-state index in [1.54, 1.807) is 6.33 Å². The number of aliphatic hydroxyl groups is 1. The molecule has 2 atom stereocenters. The van der Waals surface area contributed by atoms with Gasteiger partial charge < -0.3 is 14.4 Å². The van der Waals surface area contributed by atoms with Crippen LogP contribution in [0.1, 0.15) is 19.8 Å². The van der Waals surface area contributed by atoms with Crippen molar-refractivity contribution in [1.29, 1.82) is 0 Å². The Morgan fingerprint density at radius 1 is 1.32 bits per heavy atom. The molecule has 1 fully saturated rings. The molecule has 0 bridgehead atoms. The fourth-order valence-electron chi connectivity index (χ4n) is 3.33. The maximum absolute atomic E-state index is 9.89. The highest BCUT2D eigenvalue weighted by Gasteiger charge is 2.26. The number of nitrogens with zero attached hydrogens (tertiary/aromatic N) is 3. The van der Waals surface area contributed by atoms with Crippen LogP contribution in [0.2, 0.25) is 0 Å². The molecular weight excluding hydrogens is 278 g/mol. The minimum atomic E-state index is -0.296. The van der Waals surface area contributed by atoms with Gasteiger partial charge in [-0.3, -0.25) is 0 Å². The first-order chi connectivity index (χ1) is 10.7. The lowest BCUT2D eigenvalue weighted by atomic mass is 9.93. The van der Waals surface area contributed by atoms with Gasteiger partial charge in [-0.05, 0) is 31.9 Å². The molecule has 5 heteroatoms. The summed E-state index contributed by atoms with van der Waals surface area (Å²) in [6.07, 6.45) is 3.42. The Balaban J connectivity index is 1.81. The molecule has 1 N–H and O–H groups in total. The first-order valence-corrected chi connectivity index (χ1v) is 7.79. The van der Waals surface area contributed by atoms with Gasteiger partial charge in [-0.1, -0.05) is 12.1 Å². The molecule has 1 aliphatic rings. The van der Waals surface area contributed by atoms with Crippen LogP contribution in [0.15, 0.2) is 35.0 Å². The van der Waals surface area contributed by atoms with Crippen LogP contribution in [0.25, 0.3) is 22.1 Å². The Morgan fingerprint density at radius 3 is 3.05 bits per heavy atom. The number of anilines is 1. The highest BCUT2D eigenvalue weighted by molar-refractivity contribution is 6.05. The summed E-state index contributed by atoms with van der Waals surface area (Å²) in [6.45, 7) is 3.61. The van der Waals surface area contributed by atoms with Crippen LogP contribution in [-0.2, 0) is 0 Å². The van der Waals surface area contributed by atoms with E-state index < -0.39 is 0 Å². The molecule has 1 saturated heterocycles. The van der Waals surface area contributed by atoms with Gasteiger partial charge in [0.2, 0.25) is 0 Å². The summed E-state index contributed by atoms with van der Waals surface area (Å²) in [5.74, 6) is 1.12. The molecule has 0 aliphatic carbocycles. The van der Waals surface area contributed by atoms with Gasteiger partial charge in [0, 0.05) is 24.4 Å². The quantitative estimate of drug-likeness (QED) is 0.788. The van der Waals surface area contributed by atoms with E-state index in [0.29, 0.717) is 0 Å². The van der Waals surface area contributed by atoms with Crippen LogP contribution in [-0.4, -0.2) is 34.3 Å².